The molecule has 0 saturated carbocycles. The van der Waals surface area contributed by atoms with Crippen molar-refractivity contribution in [1.82, 2.24) is 15.5 Å². The number of Topliss-reactive ketones (excluding diaryl/α,β-unsaturated/α-hetero) is 1. The highest BCUT2D eigenvalue weighted by molar-refractivity contribution is 6.23. The van der Waals surface area contributed by atoms with E-state index in [0.29, 0.717) is 19.5 Å². The van der Waals surface area contributed by atoms with Crippen LogP contribution in [0.3, 0.4) is 0 Å². The SMILES string of the molecule is CO[C@H]1/C=C\C=C(/C)C(=O)NC2=CC(=O)C(NCCN(C)C)=C(C[C@@H](C)C[C@H](OC)[C@H](O)[C@@H](C)/C=C(\C)[C@@H]1COC(N)=O)C2=O. The molecule has 1 aliphatic heterocycles. The summed E-state index contributed by atoms with van der Waals surface area (Å²) < 4.78 is 16.5. The molecule has 0 aromatic heterocycles. The average Bonchev–Trinajstić information content (AvgIpc) is 2.97. The molecule has 0 unspecified atom stereocenters. The van der Waals surface area contributed by atoms with Crippen LogP contribution >= 0.6 is 0 Å². The normalized spacial score (nSPS) is 30.5. The van der Waals surface area contributed by atoms with Crippen molar-refractivity contribution in [2.45, 2.75) is 58.8 Å². The third-order valence-corrected chi connectivity index (χ3v) is 8.05. The minimum Gasteiger partial charge on any atom is -0.449 e. The van der Waals surface area contributed by atoms with Crippen molar-refractivity contribution in [3.63, 3.8) is 0 Å². The van der Waals surface area contributed by atoms with Gasteiger partial charge >= 0.3 is 6.09 Å². The van der Waals surface area contributed by atoms with Gasteiger partial charge in [0.2, 0.25) is 11.6 Å². The number of amides is 2. The molecule has 2 aliphatic rings. The van der Waals surface area contributed by atoms with Crippen LogP contribution in [0, 0.1) is 17.8 Å². The first-order valence-corrected chi connectivity index (χ1v) is 15.1. The number of rotatable bonds is 8. The average molecular weight is 631 g/mol. The summed E-state index contributed by atoms with van der Waals surface area (Å²) in [5, 5.41) is 17.1. The van der Waals surface area contributed by atoms with Crippen molar-refractivity contribution in [1.29, 1.82) is 0 Å². The molecule has 2 amide bonds. The number of ketones is 2. The monoisotopic (exact) mass is 630 g/mol. The minimum absolute atomic E-state index is 0.0679. The maximum absolute atomic E-state index is 13.7. The molecule has 2 bridgehead atoms. The number of primary amides is 1. The molecule has 0 fully saturated rings. The first-order valence-electron chi connectivity index (χ1n) is 15.1. The Balaban J connectivity index is 2.59. The van der Waals surface area contributed by atoms with Crippen LogP contribution in [0.1, 0.15) is 40.5 Å². The summed E-state index contributed by atoms with van der Waals surface area (Å²) in [7, 11) is 6.84. The standard InChI is InChI=1S/C33H50N4O8/c1-19-14-23-29(35-12-13-37(5)6)26(38)17-25(31(23)40)36-32(41)20(2)10-9-11-27(43-7)24(18-45-33(34)42)21(3)16-22(4)30(39)28(15-19)44-8/h9-11,16-17,19,22,24,27-28,30,35,39H,12-15,18H2,1-8H3,(H2,34,42)(H,36,41)/b11-9-,20-10+,21-16+/t19-,22+,24+,27+,28+,30-/m1/s1. The lowest BCUT2D eigenvalue weighted by molar-refractivity contribution is -0.120. The number of carbonyl (C=O) groups is 4. The lowest BCUT2D eigenvalue weighted by Gasteiger charge is -2.30. The van der Waals surface area contributed by atoms with Crippen molar-refractivity contribution in [3.05, 3.63) is 58.5 Å². The largest absolute Gasteiger partial charge is 0.449 e. The Morgan fingerprint density at radius 2 is 1.84 bits per heavy atom. The number of nitrogens with one attached hydrogen (secondary N) is 2. The second-order valence-electron chi connectivity index (χ2n) is 12.0. The van der Waals surface area contributed by atoms with Crippen LogP contribution in [-0.4, -0.2) is 99.9 Å². The number of allylic oxidation sites excluding steroid dienone is 4. The van der Waals surface area contributed by atoms with E-state index in [1.165, 1.54) is 14.2 Å². The summed E-state index contributed by atoms with van der Waals surface area (Å²) in [4.78, 5) is 53.5. The molecule has 0 radical (unpaired) electrons. The fraction of sp³-hybridized carbons (Fsp3) is 0.576. The Kier molecular flexibility index (Phi) is 14.9. The molecule has 45 heavy (non-hydrogen) atoms. The van der Waals surface area contributed by atoms with Crippen LogP contribution in [-0.2, 0) is 28.6 Å². The molecule has 6 atom stereocenters. The highest BCUT2D eigenvalue weighted by Gasteiger charge is 2.33. The Hall–Kier alpha value is -3.58. The van der Waals surface area contributed by atoms with Gasteiger partial charge in [-0.15, -0.1) is 0 Å². The number of methoxy groups -OCH3 is 2. The molecule has 1 heterocycles. The second kappa shape index (κ2) is 17.8. The van der Waals surface area contributed by atoms with Gasteiger partial charge in [-0.3, -0.25) is 14.4 Å². The molecule has 12 nitrogen and oxygen atoms in total. The molecular formula is C33H50N4O8. The van der Waals surface area contributed by atoms with Crippen molar-refractivity contribution in [3.8, 4) is 0 Å². The van der Waals surface area contributed by atoms with E-state index in [4.69, 9.17) is 19.9 Å². The van der Waals surface area contributed by atoms with Gasteiger partial charge in [0, 0.05) is 56.4 Å². The first kappa shape index (κ1) is 37.6. The second-order valence-corrected chi connectivity index (χ2v) is 12.0. The molecule has 5 N–H and O–H groups in total. The van der Waals surface area contributed by atoms with Gasteiger partial charge < -0.3 is 40.6 Å². The summed E-state index contributed by atoms with van der Waals surface area (Å²) in [6, 6.07) is 0. The van der Waals surface area contributed by atoms with Crippen LogP contribution in [0.15, 0.2) is 58.5 Å². The minimum atomic E-state index is -0.926. The topological polar surface area (TPSA) is 170 Å². The number of aliphatic hydroxyl groups excluding tert-OH is 1. The zero-order chi connectivity index (χ0) is 33.8. The predicted molar refractivity (Wildman–Crippen MR) is 171 cm³/mol. The van der Waals surface area contributed by atoms with Crippen LogP contribution in [0.4, 0.5) is 4.79 Å². The third kappa shape index (κ3) is 11.1. The number of aliphatic hydroxyl groups is 1. The maximum Gasteiger partial charge on any atom is 0.404 e. The summed E-state index contributed by atoms with van der Waals surface area (Å²) in [5.74, 6) is -2.39. The highest BCUT2D eigenvalue weighted by atomic mass is 16.5. The number of hydrogen-bond donors (Lipinski definition) is 4. The van der Waals surface area contributed by atoms with Crippen LogP contribution in [0.2, 0.25) is 0 Å². The molecular weight excluding hydrogens is 580 g/mol. The summed E-state index contributed by atoms with van der Waals surface area (Å²) in [6.07, 6.45) is 5.51. The molecule has 0 aromatic rings. The number of carbonyl (C=O) groups excluding carboxylic acids is 4. The molecule has 250 valence electrons. The maximum atomic E-state index is 13.7. The Bertz CT molecular complexity index is 1250. The zero-order valence-corrected chi connectivity index (χ0v) is 27.7. The quantitative estimate of drug-likeness (QED) is 0.230. The van der Waals surface area contributed by atoms with Crippen molar-refractivity contribution in [2.75, 3.05) is 48.0 Å². The molecule has 2 rings (SSSR count). The van der Waals surface area contributed by atoms with E-state index in [-0.39, 0.29) is 47.4 Å². The number of hydrogen-bond acceptors (Lipinski definition) is 10. The van der Waals surface area contributed by atoms with Gasteiger partial charge in [-0.25, -0.2) is 4.79 Å². The number of fused-ring (bicyclic) bond motifs is 2. The summed E-state index contributed by atoms with van der Waals surface area (Å²) >= 11 is 0. The number of nitrogens with two attached hydrogens (primary N) is 1. The van der Waals surface area contributed by atoms with E-state index < -0.39 is 47.8 Å². The fourth-order valence-electron chi connectivity index (χ4n) is 5.40. The van der Waals surface area contributed by atoms with Crippen LogP contribution < -0.4 is 16.4 Å². The lowest BCUT2D eigenvalue weighted by atomic mass is 9.84. The van der Waals surface area contributed by atoms with E-state index in [1.54, 1.807) is 25.2 Å². The van der Waals surface area contributed by atoms with Crippen molar-refractivity contribution < 1.29 is 38.5 Å². The molecule has 0 spiro atoms. The van der Waals surface area contributed by atoms with Crippen LogP contribution in [0.25, 0.3) is 0 Å². The molecule has 12 heteroatoms. The first-order chi connectivity index (χ1) is 21.2. The van der Waals surface area contributed by atoms with Gasteiger partial charge in [0.15, 0.2) is 0 Å². The van der Waals surface area contributed by atoms with Gasteiger partial charge in [0.05, 0.1) is 29.7 Å². The molecule has 0 aromatic carbocycles. The van der Waals surface area contributed by atoms with E-state index >= 15 is 0 Å². The third-order valence-electron chi connectivity index (χ3n) is 8.05. The Morgan fingerprint density at radius 1 is 1.16 bits per heavy atom. The smallest absolute Gasteiger partial charge is 0.404 e. The van der Waals surface area contributed by atoms with Gasteiger partial charge in [0.1, 0.15) is 6.61 Å². The van der Waals surface area contributed by atoms with E-state index in [0.717, 1.165) is 11.6 Å². The van der Waals surface area contributed by atoms with Gasteiger partial charge in [-0.05, 0) is 46.7 Å². The number of nitrogens with zero attached hydrogens (tertiary/aromatic N) is 1. The van der Waals surface area contributed by atoms with E-state index in [2.05, 4.69) is 10.6 Å². The van der Waals surface area contributed by atoms with Gasteiger partial charge in [0.25, 0.3) is 5.91 Å². The molecule has 1 aliphatic carbocycles. The van der Waals surface area contributed by atoms with E-state index in [9.17, 15) is 24.3 Å². The van der Waals surface area contributed by atoms with Crippen LogP contribution in [0.5, 0.6) is 0 Å². The van der Waals surface area contributed by atoms with Gasteiger partial charge in [-0.1, -0.05) is 43.7 Å². The predicted octanol–water partition coefficient (Wildman–Crippen LogP) is 2.16. The van der Waals surface area contributed by atoms with E-state index in [1.807, 2.05) is 45.8 Å². The number of ether oxygens (including phenoxy) is 3. The molecule has 0 saturated heterocycles. The summed E-state index contributed by atoms with van der Waals surface area (Å²) in [5.41, 5.74) is 6.71. The fourth-order valence-corrected chi connectivity index (χ4v) is 5.40. The Morgan fingerprint density at radius 3 is 2.44 bits per heavy atom. The highest BCUT2D eigenvalue weighted by Crippen LogP contribution is 2.29. The number of likely N-dealkylation sites (N-methyl/N-ethyl adjacent to an activating group) is 1. The lowest BCUT2D eigenvalue weighted by Crippen LogP contribution is -2.38. The Labute approximate surface area is 266 Å². The van der Waals surface area contributed by atoms with Crippen molar-refractivity contribution in [2.24, 2.45) is 23.5 Å². The van der Waals surface area contributed by atoms with Gasteiger partial charge in [-0.2, -0.15) is 0 Å². The zero-order valence-electron chi connectivity index (χ0n) is 27.7. The summed E-state index contributed by atoms with van der Waals surface area (Å²) in [6.45, 7) is 8.23. The van der Waals surface area contributed by atoms with Crippen molar-refractivity contribution >= 4 is 23.6 Å².